The summed E-state index contributed by atoms with van der Waals surface area (Å²) in [6.45, 7) is 8.03. The zero-order valence-corrected chi connectivity index (χ0v) is 13.7. The normalized spacial score (nSPS) is 10.2. The van der Waals surface area contributed by atoms with Gasteiger partial charge in [0.2, 0.25) is 0 Å². The summed E-state index contributed by atoms with van der Waals surface area (Å²) in [6, 6.07) is 16.8. The molecule has 2 nitrogen and oxygen atoms in total. The van der Waals surface area contributed by atoms with Crippen molar-refractivity contribution in [1.29, 1.82) is 0 Å². The third-order valence-corrected chi connectivity index (χ3v) is 3.72. The van der Waals surface area contributed by atoms with E-state index in [1.807, 2.05) is 6.07 Å². The van der Waals surface area contributed by atoms with Crippen molar-refractivity contribution in [2.75, 3.05) is 11.9 Å². The number of hydrogen-bond acceptors (Lipinski definition) is 1. The summed E-state index contributed by atoms with van der Waals surface area (Å²) in [4.78, 5) is 2.17. The van der Waals surface area contributed by atoms with Crippen LogP contribution in [0.25, 0.3) is 0 Å². The van der Waals surface area contributed by atoms with E-state index in [0.717, 1.165) is 23.9 Å². The van der Waals surface area contributed by atoms with Gasteiger partial charge in [-0.1, -0.05) is 36.4 Å². The average molecular weight is 298 g/mol. The minimum atomic E-state index is 0.770. The zero-order valence-electron chi connectivity index (χ0n) is 12.9. The molecule has 0 bridgehead atoms. The molecule has 0 atom stereocenters. The molecule has 2 aromatic rings. The molecule has 0 saturated heterocycles. The molecule has 3 heteroatoms. The third-order valence-electron chi connectivity index (χ3n) is 3.36. The Bertz CT molecular complexity index is 588. The van der Waals surface area contributed by atoms with E-state index in [2.05, 4.69) is 73.5 Å². The van der Waals surface area contributed by atoms with Gasteiger partial charge in [-0.25, -0.2) is 0 Å². The standard InChI is InChI=1S/C18H22N2S/c1-4-20(13-16-8-6-5-7-9-16)18(21)19-17-11-14(2)10-15(3)12-17/h5-12H,4,13H2,1-3H3,(H,19,21). The van der Waals surface area contributed by atoms with Crippen LogP contribution in [0.3, 0.4) is 0 Å². The molecule has 0 radical (unpaired) electrons. The predicted octanol–water partition coefficient (Wildman–Crippen LogP) is 4.52. The summed E-state index contributed by atoms with van der Waals surface area (Å²) in [5, 5.41) is 4.12. The molecule has 2 rings (SSSR count). The van der Waals surface area contributed by atoms with Crippen LogP contribution in [-0.2, 0) is 6.54 Å². The smallest absolute Gasteiger partial charge is 0.173 e. The van der Waals surface area contributed by atoms with E-state index >= 15 is 0 Å². The van der Waals surface area contributed by atoms with Crippen LogP contribution in [0.2, 0.25) is 0 Å². The maximum absolute atomic E-state index is 5.56. The number of benzene rings is 2. The highest BCUT2D eigenvalue weighted by Gasteiger charge is 2.08. The van der Waals surface area contributed by atoms with Crippen molar-refractivity contribution < 1.29 is 0 Å². The molecule has 0 aliphatic carbocycles. The van der Waals surface area contributed by atoms with Gasteiger partial charge in [-0.3, -0.25) is 0 Å². The Morgan fingerprint density at radius 3 is 2.24 bits per heavy atom. The SMILES string of the molecule is CCN(Cc1ccccc1)C(=S)Nc1cc(C)cc(C)c1. The second kappa shape index (κ2) is 7.23. The highest BCUT2D eigenvalue weighted by atomic mass is 32.1. The second-order valence-corrected chi connectivity index (χ2v) is 5.69. The van der Waals surface area contributed by atoms with Gasteiger partial charge in [-0.05, 0) is 61.8 Å². The predicted molar refractivity (Wildman–Crippen MR) is 94.7 cm³/mol. The molecule has 0 fully saturated rings. The Hall–Kier alpha value is -1.87. The van der Waals surface area contributed by atoms with Gasteiger partial charge < -0.3 is 10.2 Å². The second-order valence-electron chi connectivity index (χ2n) is 5.31. The molecule has 0 spiro atoms. The van der Waals surface area contributed by atoms with E-state index in [0.29, 0.717) is 0 Å². The molecule has 21 heavy (non-hydrogen) atoms. The molecule has 0 aliphatic heterocycles. The Morgan fingerprint density at radius 1 is 1.05 bits per heavy atom. The summed E-state index contributed by atoms with van der Waals surface area (Å²) >= 11 is 5.56. The summed E-state index contributed by atoms with van der Waals surface area (Å²) in [6.07, 6.45) is 0. The van der Waals surface area contributed by atoms with Crippen molar-refractivity contribution in [1.82, 2.24) is 4.90 Å². The van der Waals surface area contributed by atoms with Gasteiger partial charge in [0.15, 0.2) is 5.11 Å². The highest BCUT2D eigenvalue weighted by molar-refractivity contribution is 7.80. The number of nitrogens with one attached hydrogen (secondary N) is 1. The minimum absolute atomic E-state index is 0.770. The van der Waals surface area contributed by atoms with Gasteiger partial charge in [0, 0.05) is 18.8 Å². The topological polar surface area (TPSA) is 15.3 Å². The molecular formula is C18H22N2S. The van der Waals surface area contributed by atoms with E-state index in [9.17, 15) is 0 Å². The molecule has 0 saturated carbocycles. The van der Waals surface area contributed by atoms with Crippen molar-refractivity contribution in [2.24, 2.45) is 0 Å². The van der Waals surface area contributed by atoms with E-state index in [1.54, 1.807) is 0 Å². The van der Waals surface area contributed by atoms with Gasteiger partial charge in [-0.2, -0.15) is 0 Å². The molecule has 0 unspecified atom stereocenters. The number of anilines is 1. The lowest BCUT2D eigenvalue weighted by Crippen LogP contribution is -2.34. The van der Waals surface area contributed by atoms with Crippen LogP contribution in [0.5, 0.6) is 0 Å². The summed E-state index contributed by atoms with van der Waals surface area (Å²) in [5.41, 5.74) is 4.81. The molecule has 0 heterocycles. The maximum Gasteiger partial charge on any atom is 0.173 e. The van der Waals surface area contributed by atoms with Gasteiger partial charge in [-0.15, -0.1) is 0 Å². The first-order chi connectivity index (χ1) is 10.1. The maximum atomic E-state index is 5.56. The monoisotopic (exact) mass is 298 g/mol. The first-order valence-corrected chi connectivity index (χ1v) is 7.67. The van der Waals surface area contributed by atoms with E-state index in [1.165, 1.54) is 16.7 Å². The van der Waals surface area contributed by atoms with Crippen LogP contribution < -0.4 is 5.32 Å². The first kappa shape index (κ1) is 15.5. The lowest BCUT2D eigenvalue weighted by atomic mass is 10.1. The molecule has 2 aromatic carbocycles. The number of aryl methyl sites for hydroxylation is 2. The van der Waals surface area contributed by atoms with Crippen LogP contribution in [0.15, 0.2) is 48.5 Å². The van der Waals surface area contributed by atoms with Crippen LogP contribution >= 0.6 is 12.2 Å². The van der Waals surface area contributed by atoms with Crippen molar-refractivity contribution in [3.63, 3.8) is 0 Å². The van der Waals surface area contributed by atoms with Crippen molar-refractivity contribution >= 4 is 23.0 Å². The Balaban J connectivity index is 2.06. The number of thiocarbonyl (C=S) groups is 1. The summed E-state index contributed by atoms with van der Waals surface area (Å²) in [7, 11) is 0. The first-order valence-electron chi connectivity index (χ1n) is 7.26. The molecule has 1 N–H and O–H groups in total. The fourth-order valence-corrected chi connectivity index (χ4v) is 2.69. The molecule has 0 amide bonds. The quantitative estimate of drug-likeness (QED) is 0.835. The Kier molecular flexibility index (Phi) is 5.34. The van der Waals surface area contributed by atoms with Crippen LogP contribution in [0, 0.1) is 13.8 Å². The van der Waals surface area contributed by atoms with Crippen LogP contribution in [0.4, 0.5) is 5.69 Å². The van der Waals surface area contributed by atoms with Crippen molar-refractivity contribution in [3.8, 4) is 0 Å². The number of hydrogen-bond donors (Lipinski definition) is 1. The molecular weight excluding hydrogens is 276 g/mol. The summed E-state index contributed by atoms with van der Waals surface area (Å²) < 4.78 is 0. The van der Waals surface area contributed by atoms with E-state index in [-0.39, 0.29) is 0 Å². The van der Waals surface area contributed by atoms with Crippen LogP contribution in [-0.4, -0.2) is 16.6 Å². The van der Waals surface area contributed by atoms with Gasteiger partial charge in [0.05, 0.1) is 0 Å². The number of rotatable bonds is 4. The van der Waals surface area contributed by atoms with Crippen LogP contribution in [0.1, 0.15) is 23.6 Å². The fourth-order valence-electron chi connectivity index (χ4n) is 2.38. The Morgan fingerprint density at radius 2 is 1.67 bits per heavy atom. The third kappa shape index (κ3) is 4.57. The molecule has 0 aromatic heterocycles. The van der Waals surface area contributed by atoms with Gasteiger partial charge in [0.25, 0.3) is 0 Å². The summed E-state index contributed by atoms with van der Waals surface area (Å²) in [5.74, 6) is 0. The fraction of sp³-hybridized carbons (Fsp3) is 0.278. The van der Waals surface area contributed by atoms with E-state index < -0.39 is 0 Å². The molecule has 0 aliphatic rings. The van der Waals surface area contributed by atoms with Crippen molar-refractivity contribution in [2.45, 2.75) is 27.3 Å². The lowest BCUT2D eigenvalue weighted by Gasteiger charge is -2.24. The lowest BCUT2D eigenvalue weighted by molar-refractivity contribution is 0.442. The molecule has 110 valence electrons. The Labute approximate surface area is 132 Å². The van der Waals surface area contributed by atoms with Gasteiger partial charge >= 0.3 is 0 Å². The number of nitrogens with zero attached hydrogens (tertiary/aromatic N) is 1. The highest BCUT2D eigenvalue weighted by Crippen LogP contribution is 2.15. The zero-order chi connectivity index (χ0) is 15.2. The van der Waals surface area contributed by atoms with E-state index in [4.69, 9.17) is 12.2 Å². The van der Waals surface area contributed by atoms with Gasteiger partial charge in [0.1, 0.15) is 0 Å². The average Bonchev–Trinajstić information content (AvgIpc) is 2.44. The minimum Gasteiger partial charge on any atom is -0.345 e. The van der Waals surface area contributed by atoms with Crippen molar-refractivity contribution in [3.05, 3.63) is 65.2 Å². The largest absolute Gasteiger partial charge is 0.345 e.